The first-order valence-corrected chi connectivity index (χ1v) is 27.7. The standard InChI is InChI=1S/C31H50FN5O12P2S2Si2/c1-5-12-54(49-55(42,13-6-2)14-7-3)48-27-24(18-43-50(39,40)52)46-31(37-16-23(32)26-29(37)35-20-36(4)30(26)38)28(27)47-51(41,53)44-17-21-8-9-22(15-21)45-25-10-11-33-19-34-25/h10-11,16,19-22,24,27-28,31,42,54H,5-9,12-15,17-18H2,1-4H3,(H,41,53)(H2,39,40,52)/t21-,22+,24-,27-,28-,31-,51?,54?/m1/s1. The number of thiol groups is 2. The lowest BCUT2D eigenvalue weighted by Gasteiger charge is -2.34. The van der Waals surface area contributed by atoms with Gasteiger partial charge in [-0.1, -0.05) is 64.5 Å². The minimum absolute atomic E-state index is 0.00424. The number of nitrogens with zero attached hydrogens (tertiary/aromatic N) is 5. The van der Waals surface area contributed by atoms with E-state index in [-0.39, 0.29) is 29.7 Å². The van der Waals surface area contributed by atoms with Gasteiger partial charge >= 0.3 is 31.4 Å². The number of hydrogen-bond donors (Lipinski definition) is 4. The molecule has 1 aliphatic carbocycles. The van der Waals surface area contributed by atoms with Crippen molar-refractivity contribution in [2.24, 2.45) is 13.0 Å². The number of aromatic nitrogens is 5. The molecule has 1 saturated heterocycles. The fourth-order valence-corrected chi connectivity index (χ4v) is 15.7. The first kappa shape index (κ1) is 44.6. The van der Waals surface area contributed by atoms with Crippen LogP contribution in [0.2, 0.25) is 18.1 Å². The van der Waals surface area contributed by atoms with Crippen LogP contribution in [-0.2, 0) is 43.0 Å². The number of aryl methyl sites for hydroxylation is 1. The molecule has 0 radical (unpaired) electrons. The van der Waals surface area contributed by atoms with Gasteiger partial charge in [-0.25, -0.2) is 28.5 Å². The molecular weight excluding hydrogens is 836 g/mol. The van der Waals surface area contributed by atoms with Crippen LogP contribution in [0.5, 0.6) is 5.88 Å². The molecule has 4 heterocycles. The van der Waals surface area contributed by atoms with E-state index in [9.17, 15) is 23.6 Å². The van der Waals surface area contributed by atoms with E-state index in [1.54, 1.807) is 12.3 Å². The van der Waals surface area contributed by atoms with Crippen molar-refractivity contribution in [2.75, 3.05) is 13.2 Å². The summed E-state index contributed by atoms with van der Waals surface area (Å²) in [6.45, 7) is -3.39. The van der Waals surface area contributed by atoms with Gasteiger partial charge in [0.2, 0.25) is 5.88 Å². The highest BCUT2D eigenvalue weighted by molar-refractivity contribution is 8.44. The molecule has 2 fully saturated rings. The van der Waals surface area contributed by atoms with Gasteiger partial charge in [-0.3, -0.25) is 13.8 Å². The lowest BCUT2D eigenvalue weighted by molar-refractivity contribution is -0.0454. The highest BCUT2D eigenvalue weighted by atomic mass is 32.7. The van der Waals surface area contributed by atoms with Gasteiger partial charge in [-0.2, -0.15) is 0 Å². The highest BCUT2D eigenvalue weighted by Crippen LogP contribution is 2.58. The van der Waals surface area contributed by atoms with Crippen molar-refractivity contribution >= 4 is 67.0 Å². The van der Waals surface area contributed by atoms with Crippen LogP contribution < -0.4 is 10.3 Å². The molecule has 0 bridgehead atoms. The summed E-state index contributed by atoms with van der Waals surface area (Å²) in [6.07, 6.45) is 3.75. The van der Waals surface area contributed by atoms with Gasteiger partial charge in [0.05, 0.1) is 19.5 Å². The highest BCUT2D eigenvalue weighted by Gasteiger charge is 2.52. The largest absolute Gasteiger partial charge is 0.474 e. The van der Waals surface area contributed by atoms with Gasteiger partial charge in [-0.05, 0) is 43.3 Å². The zero-order valence-corrected chi connectivity index (χ0v) is 36.8. The SMILES string of the molecule is CCC[SiH](O[C@H]1[C@@H](OP(=O)(S)OC[C@@H]2CC[C@H](Oc3ccncn3)C2)[C@H](n2cc(F)c3c(=O)n(C)cnc32)O[C@@H]1COP(=O)(O)S)O[Si](O)(CCC)CCC. The number of rotatable bonds is 21. The summed E-state index contributed by atoms with van der Waals surface area (Å²) in [5.41, 5.74) is -0.772. The predicted octanol–water partition coefficient (Wildman–Crippen LogP) is 5.58. The summed E-state index contributed by atoms with van der Waals surface area (Å²) >= 11 is 7.99. The van der Waals surface area contributed by atoms with Gasteiger partial charge in [0.15, 0.2) is 17.7 Å². The normalized spacial score (nSPS) is 25.9. The Labute approximate surface area is 332 Å². The molecule has 3 aromatic heterocycles. The van der Waals surface area contributed by atoms with E-state index in [2.05, 4.69) is 39.4 Å². The topological polar surface area (TPSA) is 205 Å². The molecule has 55 heavy (non-hydrogen) atoms. The summed E-state index contributed by atoms with van der Waals surface area (Å²) in [5, 5.41) is -0.332. The van der Waals surface area contributed by atoms with Crippen molar-refractivity contribution in [1.29, 1.82) is 0 Å². The second-order valence-corrected chi connectivity index (χ2v) is 25.0. The fraction of sp³-hybridized carbons (Fsp3) is 0.677. The summed E-state index contributed by atoms with van der Waals surface area (Å²) < 4.78 is 86.9. The van der Waals surface area contributed by atoms with Crippen LogP contribution in [0.15, 0.2) is 35.9 Å². The summed E-state index contributed by atoms with van der Waals surface area (Å²) in [6, 6.07) is 3.06. The molecule has 308 valence electrons. The summed E-state index contributed by atoms with van der Waals surface area (Å²) in [5.74, 6) is -0.524. The molecule has 17 nitrogen and oxygen atoms in total. The predicted molar refractivity (Wildman–Crippen MR) is 211 cm³/mol. The van der Waals surface area contributed by atoms with Crippen molar-refractivity contribution in [3.8, 4) is 5.88 Å². The van der Waals surface area contributed by atoms with E-state index >= 15 is 4.39 Å². The van der Waals surface area contributed by atoms with E-state index in [4.69, 9.17) is 31.6 Å². The minimum atomic E-state index is -4.36. The van der Waals surface area contributed by atoms with Gasteiger partial charge < -0.3 is 41.4 Å². The van der Waals surface area contributed by atoms with Crippen LogP contribution in [0, 0.1) is 11.7 Å². The maximum atomic E-state index is 15.5. The third-order valence-corrected chi connectivity index (χ3v) is 18.8. The van der Waals surface area contributed by atoms with E-state index in [1.165, 1.54) is 24.3 Å². The first-order valence-electron chi connectivity index (χ1n) is 18.3. The summed E-state index contributed by atoms with van der Waals surface area (Å²) in [4.78, 5) is 46.8. The fourth-order valence-electron chi connectivity index (χ4n) is 6.92. The van der Waals surface area contributed by atoms with E-state index in [1.807, 2.05) is 20.8 Å². The van der Waals surface area contributed by atoms with Crippen LogP contribution in [0.3, 0.4) is 0 Å². The lowest BCUT2D eigenvalue weighted by atomic mass is 10.1. The molecule has 5 rings (SSSR count). The third-order valence-electron chi connectivity index (χ3n) is 9.34. The lowest BCUT2D eigenvalue weighted by Crippen LogP contribution is -2.49. The zero-order valence-electron chi connectivity index (χ0n) is 31.1. The third kappa shape index (κ3) is 12.0. The van der Waals surface area contributed by atoms with Crippen LogP contribution in [0.25, 0.3) is 11.0 Å². The van der Waals surface area contributed by atoms with Crippen molar-refractivity contribution in [3.05, 3.63) is 47.3 Å². The molecule has 24 heteroatoms. The zero-order chi connectivity index (χ0) is 40.0. The Morgan fingerprint density at radius 1 is 1.09 bits per heavy atom. The minimum Gasteiger partial charge on any atom is -0.474 e. The van der Waals surface area contributed by atoms with Crippen LogP contribution in [0.4, 0.5) is 4.39 Å². The molecule has 1 saturated carbocycles. The smallest absolute Gasteiger partial charge is 0.386 e. The molecule has 3 aromatic rings. The van der Waals surface area contributed by atoms with Gasteiger partial charge in [-0.15, -0.1) is 0 Å². The van der Waals surface area contributed by atoms with Crippen molar-refractivity contribution < 1.29 is 54.8 Å². The van der Waals surface area contributed by atoms with E-state index < -0.39 is 74.0 Å². The molecule has 0 amide bonds. The van der Waals surface area contributed by atoms with Crippen molar-refractivity contribution in [3.63, 3.8) is 0 Å². The number of hydrogen-bond acceptors (Lipinski definition) is 14. The van der Waals surface area contributed by atoms with E-state index in [0.717, 1.165) is 10.8 Å². The van der Waals surface area contributed by atoms with E-state index in [0.29, 0.717) is 62.5 Å². The van der Waals surface area contributed by atoms with Crippen LogP contribution in [-0.4, -0.2) is 89.2 Å². The maximum absolute atomic E-state index is 15.5. The Kier molecular flexibility index (Phi) is 15.8. The molecule has 0 spiro atoms. The summed E-state index contributed by atoms with van der Waals surface area (Å²) in [7, 11) is -4.63. The molecule has 9 atom stereocenters. The van der Waals surface area contributed by atoms with Gasteiger partial charge in [0, 0.05) is 25.5 Å². The molecule has 3 unspecified atom stereocenters. The van der Waals surface area contributed by atoms with Crippen molar-refractivity contribution in [1.82, 2.24) is 24.1 Å². The number of ether oxygens (including phenoxy) is 2. The Hall–Kier alpha value is -1.50. The van der Waals surface area contributed by atoms with Crippen LogP contribution in [0.1, 0.15) is 65.5 Å². The number of fused-ring (bicyclic) bond motifs is 1. The quantitative estimate of drug-likeness (QED) is 0.0586. The second-order valence-electron chi connectivity index (χ2n) is 13.8. The maximum Gasteiger partial charge on any atom is 0.386 e. The Bertz CT molecular complexity index is 1880. The monoisotopic (exact) mass is 885 g/mol. The Balaban J connectivity index is 1.47. The molecular formula is C31H50FN5O12P2S2Si2. The van der Waals surface area contributed by atoms with Crippen LogP contribution >= 0.6 is 38.1 Å². The molecule has 0 aromatic carbocycles. The van der Waals surface area contributed by atoms with Crippen molar-refractivity contribution in [2.45, 2.75) is 108 Å². The first-order chi connectivity index (χ1) is 26.0. The molecule has 2 N–H and O–H groups in total. The van der Waals surface area contributed by atoms with Gasteiger partial charge in [0.25, 0.3) is 5.56 Å². The Morgan fingerprint density at radius 3 is 2.49 bits per heavy atom. The second kappa shape index (κ2) is 19.5. The molecule has 2 aliphatic rings. The van der Waals surface area contributed by atoms with Gasteiger partial charge in [0.1, 0.15) is 36.1 Å². The average Bonchev–Trinajstić information content (AvgIpc) is 3.80. The average molecular weight is 886 g/mol. The Morgan fingerprint density at radius 2 is 1.84 bits per heavy atom. The number of halogens is 1. The molecule has 1 aliphatic heterocycles.